The average molecular weight is 358 g/mol. The van der Waals surface area contributed by atoms with Crippen molar-refractivity contribution in [1.82, 2.24) is 10.3 Å². The lowest BCUT2D eigenvalue weighted by molar-refractivity contribution is -0.118. The van der Waals surface area contributed by atoms with Gasteiger partial charge < -0.3 is 14.8 Å². The Kier molecular flexibility index (Phi) is 5.48. The highest BCUT2D eigenvalue weighted by Crippen LogP contribution is 2.36. The van der Waals surface area contributed by atoms with Crippen LogP contribution in [-0.4, -0.2) is 30.0 Å². The minimum Gasteiger partial charge on any atom is -0.454 e. The van der Waals surface area contributed by atoms with Gasteiger partial charge in [-0.15, -0.1) is 11.8 Å². The van der Waals surface area contributed by atoms with Crippen LogP contribution in [0.1, 0.15) is 25.0 Å². The molecule has 1 amide bonds. The highest BCUT2D eigenvalue weighted by molar-refractivity contribution is 7.99. The topological polar surface area (TPSA) is 60.5 Å². The maximum Gasteiger partial charge on any atom is 0.231 e. The number of pyridine rings is 1. The number of fused-ring (bicyclic) bond motifs is 1. The van der Waals surface area contributed by atoms with E-state index in [4.69, 9.17) is 9.47 Å². The van der Waals surface area contributed by atoms with Gasteiger partial charge >= 0.3 is 0 Å². The Bertz CT molecular complexity index is 735. The number of carbonyl (C=O) groups is 1. The van der Waals surface area contributed by atoms with Crippen molar-refractivity contribution in [2.24, 2.45) is 0 Å². The molecule has 0 saturated heterocycles. The van der Waals surface area contributed by atoms with Crippen LogP contribution in [-0.2, 0) is 16.0 Å². The fraction of sp³-hybridized carbons (Fsp3) is 0.368. The summed E-state index contributed by atoms with van der Waals surface area (Å²) in [6.07, 6.45) is 3.58. The van der Waals surface area contributed by atoms with Crippen molar-refractivity contribution in [3.63, 3.8) is 0 Å². The average Bonchev–Trinajstić information content (AvgIpc) is 3.09. The molecule has 1 aromatic heterocycles. The number of rotatable bonds is 7. The largest absolute Gasteiger partial charge is 0.454 e. The van der Waals surface area contributed by atoms with Gasteiger partial charge in [0.1, 0.15) is 0 Å². The Morgan fingerprint density at radius 2 is 2.12 bits per heavy atom. The Morgan fingerprint density at radius 3 is 2.92 bits per heavy atom. The van der Waals surface area contributed by atoms with Crippen LogP contribution in [0.15, 0.2) is 42.7 Å². The lowest BCUT2D eigenvalue weighted by atomic mass is 9.84. The Hall–Kier alpha value is -2.21. The van der Waals surface area contributed by atoms with E-state index in [1.165, 1.54) is 0 Å². The Balaban J connectivity index is 1.47. The summed E-state index contributed by atoms with van der Waals surface area (Å²) in [6, 6.07) is 9.86. The van der Waals surface area contributed by atoms with E-state index in [0.29, 0.717) is 12.3 Å². The minimum absolute atomic E-state index is 0.0442. The predicted molar refractivity (Wildman–Crippen MR) is 99.0 cm³/mol. The van der Waals surface area contributed by atoms with E-state index in [1.54, 1.807) is 18.0 Å². The standard InChI is InChI=1S/C19H22N2O3S/c1-19(2,15-5-6-16-17(8-15)24-13-23-16)12-21-18(22)11-25-10-14-4-3-7-20-9-14/h3-9H,10-13H2,1-2H3,(H,21,22). The molecule has 1 N–H and O–H groups in total. The number of benzene rings is 1. The van der Waals surface area contributed by atoms with Gasteiger partial charge in [0.2, 0.25) is 12.7 Å². The Morgan fingerprint density at radius 1 is 1.28 bits per heavy atom. The number of hydrogen-bond acceptors (Lipinski definition) is 5. The number of thioether (sulfide) groups is 1. The summed E-state index contributed by atoms with van der Waals surface area (Å²) in [4.78, 5) is 16.2. The molecule has 1 aliphatic rings. The lowest BCUT2D eigenvalue weighted by Gasteiger charge is -2.26. The third-order valence-corrected chi connectivity index (χ3v) is 5.11. The van der Waals surface area contributed by atoms with E-state index in [0.717, 1.165) is 28.4 Å². The summed E-state index contributed by atoms with van der Waals surface area (Å²) in [5.41, 5.74) is 2.05. The van der Waals surface area contributed by atoms with Gasteiger partial charge in [-0.25, -0.2) is 0 Å². The highest BCUT2D eigenvalue weighted by atomic mass is 32.2. The molecule has 3 rings (SSSR count). The molecule has 5 nitrogen and oxygen atoms in total. The number of ether oxygens (including phenoxy) is 2. The number of carbonyl (C=O) groups excluding carboxylic acids is 1. The van der Waals surface area contributed by atoms with E-state index in [1.807, 2.05) is 36.5 Å². The van der Waals surface area contributed by atoms with Crippen LogP contribution in [0.25, 0.3) is 0 Å². The number of nitrogens with one attached hydrogen (secondary N) is 1. The molecule has 0 radical (unpaired) electrons. The number of hydrogen-bond donors (Lipinski definition) is 1. The van der Waals surface area contributed by atoms with Crippen molar-refractivity contribution >= 4 is 17.7 Å². The molecular formula is C19H22N2O3S. The summed E-state index contributed by atoms with van der Waals surface area (Å²) >= 11 is 1.59. The normalized spacial score (nSPS) is 12.9. The maximum absolute atomic E-state index is 12.1. The maximum atomic E-state index is 12.1. The van der Waals surface area contributed by atoms with E-state index < -0.39 is 0 Å². The van der Waals surface area contributed by atoms with Crippen molar-refractivity contribution < 1.29 is 14.3 Å². The van der Waals surface area contributed by atoms with E-state index in [2.05, 4.69) is 24.1 Å². The number of aromatic nitrogens is 1. The second-order valence-electron chi connectivity index (χ2n) is 6.58. The molecule has 25 heavy (non-hydrogen) atoms. The molecule has 0 fully saturated rings. The summed E-state index contributed by atoms with van der Waals surface area (Å²) < 4.78 is 10.8. The van der Waals surface area contributed by atoms with Gasteiger partial charge in [0.15, 0.2) is 11.5 Å². The molecule has 0 spiro atoms. The second-order valence-corrected chi connectivity index (χ2v) is 7.57. The summed E-state index contributed by atoms with van der Waals surface area (Å²) in [7, 11) is 0. The first-order valence-corrected chi connectivity index (χ1v) is 9.33. The zero-order chi connectivity index (χ0) is 17.7. The predicted octanol–water partition coefficient (Wildman–Crippen LogP) is 3.14. The molecule has 0 bridgehead atoms. The fourth-order valence-corrected chi connectivity index (χ4v) is 3.33. The fourth-order valence-electron chi connectivity index (χ4n) is 2.54. The van der Waals surface area contributed by atoms with Gasteiger partial charge in [-0.1, -0.05) is 26.0 Å². The van der Waals surface area contributed by atoms with Gasteiger partial charge in [-0.2, -0.15) is 0 Å². The third kappa shape index (κ3) is 4.66. The van der Waals surface area contributed by atoms with Crippen LogP contribution in [0.4, 0.5) is 0 Å². The van der Waals surface area contributed by atoms with E-state index >= 15 is 0 Å². The van der Waals surface area contributed by atoms with Crippen LogP contribution >= 0.6 is 11.8 Å². The van der Waals surface area contributed by atoms with Crippen molar-refractivity contribution in [3.8, 4) is 11.5 Å². The first kappa shape index (κ1) is 17.6. The first-order valence-electron chi connectivity index (χ1n) is 8.18. The molecule has 0 saturated carbocycles. The summed E-state index contributed by atoms with van der Waals surface area (Å²) in [5, 5.41) is 3.03. The van der Waals surface area contributed by atoms with Crippen LogP contribution in [0.2, 0.25) is 0 Å². The SMILES string of the molecule is CC(C)(CNC(=O)CSCc1cccnc1)c1ccc2c(c1)OCO2. The first-order chi connectivity index (χ1) is 12.0. The van der Waals surface area contributed by atoms with Gasteiger partial charge in [-0.05, 0) is 29.3 Å². The van der Waals surface area contributed by atoms with Gasteiger partial charge in [-0.3, -0.25) is 9.78 Å². The van der Waals surface area contributed by atoms with Crippen LogP contribution in [0.5, 0.6) is 11.5 Å². The van der Waals surface area contributed by atoms with Gasteiger partial charge in [0, 0.05) is 30.1 Å². The molecule has 2 heterocycles. The molecule has 1 aromatic carbocycles. The zero-order valence-electron chi connectivity index (χ0n) is 14.5. The third-order valence-electron chi connectivity index (χ3n) is 4.11. The number of nitrogens with zero attached hydrogens (tertiary/aromatic N) is 1. The lowest BCUT2D eigenvalue weighted by Crippen LogP contribution is -2.37. The molecule has 0 unspecified atom stereocenters. The highest BCUT2D eigenvalue weighted by Gasteiger charge is 2.24. The Labute approximate surface area is 152 Å². The quantitative estimate of drug-likeness (QED) is 0.824. The smallest absolute Gasteiger partial charge is 0.231 e. The van der Waals surface area contributed by atoms with Crippen molar-refractivity contribution in [2.45, 2.75) is 25.0 Å². The van der Waals surface area contributed by atoms with Crippen LogP contribution < -0.4 is 14.8 Å². The molecule has 0 atom stereocenters. The minimum atomic E-state index is -0.190. The monoisotopic (exact) mass is 358 g/mol. The molecule has 132 valence electrons. The molecule has 0 aliphatic carbocycles. The number of amides is 1. The van der Waals surface area contributed by atoms with Gasteiger partial charge in [0.05, 0.1) is 5.75 Å². The molecule has 1 aliphatic heterocycles. The second kappa shape index (κ2) is 7.78. The van der Waals surface area contributed by atoms with E-state index in [-0.39, 0.29) is 18.1 Å². The van der Waals surface area contributed by atoms with Crippen molar-refractivity contribution in [3.05, 3.63) is 53.9 Å². The molecular weight excluding hydrogens is 336 g/mol. The molecule has 6 heteroatoms. The summed E-state index contributed by atoms with van der Waals surface area (Å²) in [5.74, 6) is 2.81. The van der Waals surface area contributed by atoms with Crippen molar-refractivity contribution in [1.29, 1.82) is 0 Å². The van der Waals surface area contributed by atoms with Gasteiger partial charge in [0.25, 0.3) is 0 Å². The van der Waals surface area contributed by atoms with E-state index in [9.17, 15) is 4.79 Å². The zero-order valence-corrected chi connectivity index (χ0v) is 15.3. The van der Waals surface area contributed by atoms with Crippen LogP contribution in [0.3, 0.4) is 0 Å². The van der Waals surface area contributed by atoms with Crippen molar-refractivity contribution in [2.75, 3.05) is 19.1 Å². The van der Waals surface area contributed by atoms with Crippen LogP contribution in [0, 0.1) is 0 Å². The summed E-state index contributed by atoms with van der Waals surface area (Å²) in [6.45, 7) is 5.05. The molecule has 2 aromatic rings.